The fourth-order valence-electron chi connectivity index (χ4n) is 5.52. The Kier molecular flexibility index (Phi) is 5.85. The lowest BCUT2D eigenvalue weighted by molar-refractivity contribution is -0.0296. The molecule has 6 nitrogen and oxygen atoms in total. The van der Waals surface area contributed by atoms with Gasteiger partial charge in [0.05, 0.1) is 43.4 Å². The number of fused-ring (bicyclic) bond motifs is 1. The van der Waals surface area contributed by atoms with E-state index < -0.39 is 0 Å². The van der Waals surface area contributed by atoms with Gasteiger partial charge in [-0.3, -0.25) is 9.58 Å². The Bertz CT molecular complexity index is 676. The molecule has 1 saturated carbocycles. The molecule has 6 heteroatoms. The van der Waals surface area contributed by atoms with E-state index in [4.69, 9.17) is 14.6 Å². The van der Waals surface area contributed by atoms with Gasteiger partial charge in [-0.15, -0.1) is 0 Å². The van der Waals surface area contributed by atoms with Crippen molar-refractivity contribution in [2.45, 2.75) is 77.2 Å². The maximum Gasteiger partial charge on any atom is 0.0888 e. The highest BCUT2D eigenvalue weighted by Gasteiger charge is 2.47. The van der Waals surface area contributed by atoms with Crippen LogP contribution in [0.5, 0.6) is 0 Å². The number of ether oxygens (including phenoxy) is 2. The molecule has 3 heterocycles. The number of nitrogens with zero attached hydrogens (tertiary/aromatic N) is 3. The monoisotopic (exact) mass is 390 g/mol. The van der Waals surface area contributed by atoms with Gasteiger partial charge in [-0.05, 0) is 57.5 Å². The molecule has 1 aliphatic carbocycles. The lowest BCUT2D eigenvalue weighted by Crippen LogP contribution is -2.34. The fourth-order valence-corrected chi connectivity index (χ4v) is 5.52. The summed E-state index contributed by atoms with van der Waals surface area (Å²) in [5.41, 5.74) is 4.55. The van der Waals surface area contributed by atoms with Crippen molar-refractivity contribution in [1.82, 2.24) is 20.0 Å². The van der Waals surface area contributed by atoms with Gasteiger partial charge in [-0.25, -0.2) is 0 Å². The predicted molar refractivity (Wildman–Crippen MR) is 110 cm³/mol. The zero-order valence-corrected chi connectivity index (χ0v) is 18.2. The van der Waals surface area contributed by atoms with E-state index in [1.807, 2.05) is 7.05 Å². The van der Waals surface area contributed by atoms with Crippen molar-refractivity contribution in [3.8, 4) is 0 Å². The molecule has 0 atom stereocenters. The Morgan fingerprint density at radius 1 is 1.29 bits per heavy atom. The van der Waals surface area contributed by atoms with Gasteiger partial charge >= 0.3 is 0 Å². The molecule has 158 valence electrons. The van der Waals surface area contributed by atoms with Crippen molar-refractivity contribution in [3.63, 3.8) is 0 Å². The van der Waals surface area contributed by atoms with Gasteiger partial charge in [-0.1, -0.05) is 13.8 Å². The number of hydrogen-bond donors (Lipinski definition) is 1. The number of rotatable bonds is 6. The Labute approximate surface area is 169 Å². The second kappa shape index (κ2) is 8.05. The van der Waals surface area contributed by atoms with Crippen molar-refractivity contribution in [2.75, 3.05) is 40.4 Å². The SMILES string of the molecule is CNCCN(C)Cc1nn2c(c1[C@H]1CC[C@@]3(CC1)CC(C)(C)CO3)COCC2. The molecular formula is C22H38N4O2. The van der Waals surface area contributed by atoms with Crippen molar-refractivity contribution < 1.29 is 9.47 Å². The number of likely N-dealkylation sites (N-methyl/N-ethyl adjacent to an activating group) is 2. The second-order valence-electron chi connectivity index (χ2n) is 10.0. The lowest BCUT2D eigenvalue weighted by Gasteiger charge is -2.37. The first kappa shape index (κ1) is 20.3. The molecule has 4 rings (SSSR count). The van der Waals surface area contributed by atoms with Crippen LogP contribution in [0.4, 0.5) is 0 Å². The van der Waals surface area contributed by atoms with E-state index in [0.29, 0.717) is 17.9 Å². The average Bonchev–Trinajstić information content (AvgIpc) is 3.17. The van der Waals surface area contributed by atoms with Crippen LogP contribution in [-0.4, -0.2) is 60.7 Å². The molecule has 2 aliphatic heterocycles. The van der Waals surface area contributed by atoms with Crippen LogP contribution in [0.3, 0.4) is 0 Å². The molecule has 0 unspecified atom stereocenters. The van der Waals surface area contributed by atoms with Crippen LogP contribution in [-0.2, 0) is 29.2 Å². The minimum absolute atomic E-state index is 0.132. The van der Waals surface area contributed by atoms with Crippen molar-refractivity contribution in [3.05, 3.63) is 17.0 Å². The van der Waals surface area contributed by atoms with Crippen molar-refractivity contribution >= 4 is 0 Å². The average molecular weight is 391 g/mol. The van der Waals surface area contributed by atoms with E-state index in [-0.39, 0.29) is 5.60 Å². The van der Waals surface area contributed by atoms with Gasteiger partial charge in [0.1, 0.15) is 0 Å². The standard InChI is InChI=1S/C22H38N4O2/c1-21(2)15-22(28-16-21)7-5-17(6-8-22)20-18(13-25(4)10-9-23-3)24-26-11-12-27-14-19(20)26/h17,23H,5-16H2,1-4H3/t17-,22+. The molecule has 1 aromatic heterocycles. The van der Waals surface area contributed by atoms with Crippen LogP contribution >= 0.6 is 0 Å². The summed E-state index contributed by atoms with van der Waals surface area (Å²) >= 11 is 0. The molecule has 0 bridgehead atoms. The van der Waals surface area contributed by atoms with Crippen LogP contribution < -0.4 is 5.32 Å². The maximum atomic E-state index is 6.35. The molecule has 0 aromatic carbocycles. The molecule has 0 radical (unpaired) electrons. The number of hydrogen-bond acceptors (Lipinski definition) is 5. The topological polar surface area (TPSA) is 51.6 Å². The van der Waals surface area contributed by atoms with E-state index in [9.17, 15) is 0 Å². The molecule has 1 N–H and O–H groups in total. The largest absolute Gasteiger partial charge is 0.374 e. The van der Waals surface area contributed by atoms with Gasteiger partial charge in [0.2, 0.25) is 0 Å². The Morgan fingerprint density at radius 2 is 2.07 bits per heavy atom. The predicted octanol–water partition coefficient (Wildman–Crippen LogP) is 2.91. The first-order chi connectivity index (χ1) is 13.4. The third-order valence-electron chi connectivity index (χ3n) is 6.90. The zero-order chi connectivity index (χ0) is 19.8. The Hall–Kier alpha value is -0.950. The fraction of sp³-hybridized carbons (Fsp3) is 0.864. The minimum atomic E-state index is 0.132. The van der Waals surface area contributed by atoms with Crippen LogP contribution in [0.1, 0.15) is 68.8 Å². The Balaban J connectivity index is 1.51. The highest BCUT2D eigenvalue weighted by molar-refractivity contribution is 5.32. The highest BCUT2D eigenvalue weighted by Crippen LogP contribution is 2.50. The normalized spacial score (nSPS) is 29.5. The molecule has 28 heavy (non-hydrogen) atoms. The van der Waals surface area contributed by atoms with Crippen LogP contribution in [0.2, 0.25) is 0 Å². The zero-order valence-electron chi connectivity index (χ0n) is 18.2. The third-order valence-corrected chi connectivity index (χ3v) is 6.90. The van der Waals surface area contributed by atoms with Crippen LogP contribution in [0.25, 0.3) is 0 Å². The first-order valence-electron chi connectivity index (χ1n) is 11.0. The van der Waals surface area contributed by atoms with E-state index in [0.717, 1.165) is 39.4 Å². The molecule has 0 amide bonds. The molecule has 1 aromatic rings. The summed E-state index contributed by atoms with van der Waals surface area (Å²) in [6.45, 7) is 10.9. The van der Waals surface area contributed by atoms with Gasteiger partial charge in [0, 0.05) is 25.2 Å². The smallest absolute Gasteiger partial charge is 0.0888 e. The summed E-state index contributed by atoms with van der Waals surface area (Å²) in [4.78, 5) is 2.38. The van der Waals surface area contributed by atoms with Crippen LogP contribution in [0.15, 0.2) is 0 Å². The minimum Gasteiger partial charge on any atom is -0.374 e. The van der Waals surface area contributed by atoms with Crippen molar-refractivity contribution in [2.24, 2.45) is 5.41 Å². The van der Waals surface area contributed by atoms with Gasteiger partial charge in [0.15, 0.2) is 0 Å². The molecule has 3 aliphatic rings. The van der Waals surface area contributed by atoms with E-state index >= 15 is 0 Å². The van der Waals surface area contributed by atoms with E-state index in [2.05, 4.69) is 35.8 Å². The summed E-state index contributed by atoms with van der Waals surface area (Å²) in [5, 5.41) is 8.27. The van der Waals surface area contributed by atoms with Crippen LogP contribution in [0, 0.1) is 5.41 Å². The highest BCUT2D eigenvalue weighted by atomic mass is 16.5. The van der Waals surface area contributed by atoms with E-state index in [1.54, 1.807) is 0 Å². The molecule has 2 fully saturated rings. The van der Waals surface area contributed by atoms with Gasteiger partial charge < -0.3 is 14.8 Å². The summed E-state index contributed by atoms with van der Waals surface area (Å²) in [6.07, 6.45) is 5.99. The quantitative estimate of drug-likeness (QED) is 0.809. The maximum absolute atomic E-state index is 6.35. The second-order valence-corrected chi connectivity index (χ2v) is 10.0. The van der Waals surface area contributed by atoms with Crippen molar-refractivity contribution in [1.29, 1.82) is 0 Å². The summed E-state index contributed by atoms with van der Waals surface area (Å²) in [7, 11) is 4.20. The number of nitrogens with one attached hydrogen (secondary N) is 1. The first-order valence-corrected chi connectivity index (χ1v) is 11.0. The van der Waals surface area contributed by atoms with Gasteiger partial charge in [0.25, 0.3) is 0 Å². The van der Waals surface area contributed by atoms with Gasteiger partial charge in [-0.2, -0.15) is 5.10 Å². The molecule has 1 spiro atoms. The lowest BCUT2D eigenvalue weighted by atomic mass is 9.71. The van der Waals surface area contributed by atoms with E-state index in [1.165, 1.54) is 49.1 Å². The summed E-state index contributed by atoms with van der Waals surface area (Å²) in [6, 6.07) is 0. The Morgan fingerprint density at radius 3 is 2.75 bits per heavy atom. The molecular weight excluding hydrogens is 352 g/mol. The third kappa shape index (κ3) is 4.16. The summed E-state index contributed by atoms with van der Waals surface area (Å²) < 4.78 is 14.4. The summed E-state index contributed by atoms with van der Waals surface area (Å²) in [5.74, 6) is 0.594. The molecule has 1 saturated heterocycles. The number of aromatic nitrogens is 2.